The van der Waals surface area contributed by atoms with Gasteiger partial charge in [-0.1, -0.05) is 84.7 Å². The molecule has 1 aliphatic rings. The average Bonchev–Trinajstić information content (AvgIpc) is 3.22. The minimum absolute atomic E-state index is 0.147. The predicted octanol–water partition coefficient (Wildman–Crippen LogP) is 3.50. The van der Waals surface area contributed by atoms with Crippen LogP contribution in [0.5, 0.6) is 0 Å². The quantitative estimate of drug-likeness (QED) is 0.574. The largest absolute Gasteiger partial charge is 0.299 e. The molecule has 0 bridgehead atoms. The van der Waals surface area contributed by atoms with Gasteiger partial charge < -0.3 is 0 Å². The van der Waals surface area contributed by atoms with Crippen molar-refractivity contribution in [3.8, 4) is 0 Å². The molecule has 1 fully saturated rings. The molecule has 0 atom stereocenters. The molecule has 0 saturated carbocycles. The predicted molar refractivity (Wildman–Crippen MR) is 113 cm³/mol. The monoisotopic (exact) mass is 416 g/mol. The molecule has 9 heteroatoms. The molecule has 6 nitrogen and oxygen atoms in total. The third kappa shape index (κ3) is 5.09. The first-order valence-electron chi connectivity index (χ1n) is 8.16. The number of anilines is 1. The summed E-state index contributed by atoms with van der Waals surface area (Å²) in [4.78, 5) is 26.5. The summed E-state index contributed by atoms with van der Waals surface area (Å²) in [5.41, 5.74) is 1.03. The van der Waals surface area contributed by atoms with Gasteiger partial charge in [-0.25, -0.2) is 0 Å². The standard InChI is InChI=1S/C18H16N4O2S3/c1-2-15-20-21-17(27-15)19-14(23)11-22-16(24)13(26-18(22)25)10-6-9-12-7-4-3-5-8-12/h3-10H,2,11H2,1H3,(H,19,21,23)/b9-6+,13-10-. The van der Waals surface area contributed by atoms with Gasteiger partial charge in [-0.2, -0.15) is 0 Å². The first kappa shape index (κ1) is 19.4. The summed E-state index contributed by atoms with van der Waals surface area (Å²) < 4.78 is 0.362. The van der Waals surface area contributed by atoms with E-state index in [1.54, 1.807) is 12.2 Å². The van der Waals surface area contributed by atoms with Crippen LogP contribution in [0, 0.1) is 0 Å². The lowest BCUT2D eigenvalue weighted by molar-refractivity contribution is -0.126. The summed E-state index contributed by atoms with van der Waals surface area (Å²) in [5, 5.41) is 11.8. The SMILES string of the molecule is CCc1nnc(NC(=O)CN2C(=O)/C(=C/C=C/c3ccccc3)SC2=S)s1. The Morgan fingerprint density at radius 3 is 2.78 bits per heavy atom. The van der Waals surface area contributed by atoms with Crippen molar-refractivity contribution >= 4 is 62.7 Å². The van der Waals surface area contributed by atoms with Gasteiger partial charge in [0.1, 0.15) is 15.9 Å². The maximum absolute atomic E-state index is 12.5. The molecular weight excluding hydrogens is 400 g/mol. The fourth-order valence-corrected chi connectivity index (χ4v) is 4.11. The Bertz CT molecular complexity index is 922. The molecule has 0 radical (unpaired) electrons. The van der Waals surface area contributed by atoms with E-state index in [9.17, 15) is 9.59 Å². The summed E-state index contributed by atoms with van der Waals surface area (Å²) in [6.07, 6.45) is 6.17. The second-order valence-corrected chi connectivity index (χ2v) is 8.20. The van der Waals surface area contributed by atoms with Crippen LogP contribution in [0.3, 0.4) is 0 Å². The number of thiocarbonyl (C=S) groups is 1. The van der Waals surface area contributed by atoms with E-state index >= 15 is 0 Å². The Morgan fingerprint density at radius 2 is 2.07 bits per heavy atom. The third-order valence-corrected chi connectivity index (χ3v) is 5.91. The number of nitrogens with zero attached hydrogens (tertiary/aromatic N) is 3. The lowest BCUT2D eigenvalue weighted by Gasteiger charge is -2.12. The van der Waals surface area contributed by atoms with E-state index in [1.165, 1.54) is 28.0 Å². The van der Waals surface area contributed by atoms with E-state index in [-0.39, 0.29) is 18.4 Å². The van der Waals surface area contributed by atoms with E-state index < -0.39 is 0 Å². The molecular formula is C18H16N4O2S3. The molecule has 2 heterocycles. The number of thioether (sulfide) groups is 1. The lowest BCUT2D eigenvalue weighted by Crippen LogP contribution is -2.36. The van der Waals surface area contributed by atoms with Crippen LogP contribution in [0.15, 0.2) is 47.4 Å². The van der Waals surface area contributed by atoms with Crippen molar-refractivity contribution in [2.24, 2.45) is 0 Å². The number of carbonyl (C=O) groups is 2. The van der Waals surface area contributed by atoms with E-state index in [4.69, 9.17) is 12.2 Å². The lowest BCUT2D eigenvalue weighted by atomic mass is 10.2. The number of benzene rings is 1. The van der Waals surface area contributed by atoms with Gasteiger partial charge in [0.05, 0.1) is 4.91 Å². The Labute approximate surface area is 170 Å². The number of hydrogen-bond donors (Lipinski definition) is 1. The number of amides is 2. The zero-order chi connectivity index (χ0) is 19.2. The average molecular weight is 417 g/mol. The minimum atomic E-state index is -0.355. The van der Waals surface area contributed by atoms with Crippen LogP contribution in [-0.2, 0) is 16.0 Å². The van der Waals surface area contributed by atoms with Crippen molar-refractivity contribution in [2.75, 3.05) is 11.9 Å². The van der Waals surface area contributed by atoms with Crippen LogP contribution in [0.2, 0.25) is 0 Å². The van der Waals surface area contributed by atoms with Crippen molar-refractivity contribution in [1.82, 2.24) is 15.1 Å². The maximum atomic E-state index is 12.5. The molecule has 1 N–H and O–H groups in total. The topological polar surface area (TPSA) is 75.2 Å². The molecule has 2 amide bonds. The molecule has 27 heavy (non-hydrogen) atoms. The molecule has 0 unspecified atom stereocenters. The highest BCUT2D eigenvalue weighted by molar-refractivity contribution is 8.26. The Kier molecular flexibility index (Phi) is 6.49. The molecule has 3 rings (SSSR count). The summed E-state index contributed by atoms with van der Waals surface area (Å²) in [7, 11) is 0. The van der Waals surface area contributed by atoms with Gasteiger partial charge in [-0.3, -0.25) is 19.8 Å². The maximum Gasteiger partial charge on any atom is 0.266 e. The summed E-state index contributed by atoms with van der Waals surface area (Å²) in [5.74, 6) is -0.629. The Morgan fingerprint density at radius 1 is 1.30 bits per heavy atom. The van der Waals surface area contributed by atoms with Gasteiger partial charge in [0.2, 0.25) is 11.0 Å². The van der Waals surface area contributed by atoms with Crippen molar-refractivity contribution in [3.63, 3.8) is 0 Å². The number of rotatable bonds is 6. The van der Waals surface area contributed by atoms with Gasteiger partial charge in [-0.15, -0.1) is 10.2 Å². The van der Waals surface area contributed by atoms with Crippen LogP contribution in [0.25, 0.3) is 6.08 Å². The fraction of sp³-hybridized carbons (Fsp3) is 0.167. The molecule has 0 aliphatic carbocycles. The van der Waals surface area contributed by atoms with Crippen LogP contribution in [0.4, 0.5) is 5.13 Å². The van der Waals surface area contributed by atoms with Crippen molar-refractivity contribution in [1.29, 1.82) is 0 Å². The highest BCUT2D eigenvalue weighted by Crippen LogP contribution is 2.31. The zero-order valence-electron chi connectivity index (χ0n) is 14.4. The Balaban J connectivity index is 1.60. The van der Waals surface area contributed by atoms with Crippen LogP contribution < -0.4 is 5.32 Å². The molecule has 1 saturated heterocycles. The highest BCUT2D eigenvalue weighted by atomic mass is 32.2. The second-order valence-electron chi connectivity index (χ2n) is 5.46. The van der Waals surface area contributed by atoms with Crippen molar-refractivity contribution in [3.05, 3.63) is 58.0 Å². The molecule has 1 aromatic heterocycles. The van der Waals surface area contributed by atoms with E-state index in [0.717, 1.165) is 17.0 Å². The first-order valence-corrected chi connectivity index (χ1v) is 10.2. The first-order chi connectivity index (χ1) is 13.1. The number of nitrogens with one attached hydrogen (secondary N) is 1. The van der Waals surface area contributed by atoms with Crippen LogP contribution >= 0.6 is 35.3 Å². The highest BCUT2D eigenvalue weighted by Gasteiger charge is 2.33. The van der Waals surface area contributed by atoms with Crippen LogP contribution in [-0.4, -0.2) is 37.8 Å². The fourth-order valence-electron chi connectivity index (χ4n) is 2.21. The summed E-state index contributed by atoms with van der Waals surface area (Å²) in [6, 6.07) is 9.77. The smallest absolute Gasteiger partial charge is 0.266 e. The van der Waals surface area contributed by atoms with E-state index in [0.29, 0.717) is 14.4 Å². The van der Waals surface area contributed by atoms with Gasteiger partial charge in [0, 0.05) is 0 Å². The van der Waals surface area contributed by atoms with Crippen LogP contribution in [0.1, 0.15) is 17.5 Å². The number of aromatic nitrogens is 2. The van der Waals surface area contributed by atoms with Gasteiger partial charge in [-0.05, 0) is 18.1 Å². The van der Waals surface area contributed by atoms with Crippen molar-refractivity contribution < 1.29 is 9.59 Å². The molecule has 2 aromatic rings. The van der Waals surface area contributed by atoms with Crippen molar-refractivity contribution in [2.45, 2.75) is 13.3 Å². The normalized spacial score (nSPS) is 15.9. The molecule has 0 spiro atoms. The second kappa shape index (κ2) is 9.03. The number of aryl methyl sites for hydroxylation is 1. The summed E-state index contributed by atoms with van der Waals surface area (Å²) >= 11 is 7.74. The van der Waals surface area contributed by atoms with Gasteiger partial charge in [0.15, 0.2) is 0 Å². The Hall–Kier alpha value is -2.36. The van der Waals surface area contributed by atoms with E-state index in [2.05, 4.69) is 15.5 Å². The third-order valence-electron chi connectivity index (χ3n) is 3.53. The molecule has 138 valence electrons. The molecule has 1 aliphatic heterocycles. The number of carbonyl (C=O) groups excluding carboxylic acids is 2. The summed E-state index contributed by atoms with van der Waals surface area (Å²) in [6.45, 7) is 1.82. The number of hydrogen-bond acceptors (Lipinski definition) is 7. The van der Waals surface area contributed by atoms with Gasteiger partial charge >= 0.3 is 0 Å². The zero-order valence-corrected chi connectivity index (χ0v) is 16.9. The minimum Gasteiger partial charge on any atom is -0.299 e. The van der Waals surface area contributed by atoms with E-state index in [1.807, 2.05) is 43.3 Å². The molecule has 1 aromatic carbocycles. The van der Waals surface area contributed by atoms with Gasteiger partial charge in [0.25, 0.3) is 5.91 Å². The number of allylic oxidation sites excluding steroid dienone is 2.